The number of benzene rings is 2. The first-order valence-corrected chi connectivity index (χ1v) is 22.4. The van der Waals surface area contributed by atoms with Crippen LogP contribution in [0.4, 0.5) is 0 Å². The maximum Gasteiger partial charge on any atom is 0.307 e. The molecule has 1 N–H and O–H groups in total. The molecule has 0 radical (unpaired) electrons. The highest BCUT2D eigenvalue weighted by Crippen LogP contribution is 2.45. The van der Waals surface area contributed by atoms with Gasteiger partial charge in [0.05, 0.1) is 19.4 Å². The molecule has 0 unspecified atom stereocenters. The Labute approximate surface area is 371 Å². The quantitative estimate of drug-likeness (QED) is 0.179. The van der Waals surface area contributed by atoms with Crippen LogP contribution < -0.4 is 0 Å². The molecule has 332 valence electrons. The van der Waals surface area contributed by atoms with Crippen LogP contribution in [-0.4, -0.2) is 58.4 Å². The average molecular weight is 868 g/mol. The summed E-state index contributed by atoms with van der Waals surface area (Å²) in [6, 6.07) is 12.5. The molecular weight excluding hydrogens is 795 g/mol. The molecule has 0 spiro atoms. The Balaban J connectivity index is 0.000000321. The van der Waals surface area contributed by atoms with E-state index in [-0.39, 0.29) is 59.8 Å². The van der Waals surface area contributed by atoms with Crippen molar-refractivity contribution < 1.29 is 29.0 Å². The molecule has 0 bridgehead atoms. The molecule has 10 heteroatoms. The van der Waals surface area contributed by atoms with Crippen molar-refractivity contribution in [2.24, 2.45) is 22.7 Å². The predicted octanol–water partition coefficient (Wildman–Crippen LogP) is 12.1. The Hall–Kier alpha value is -3.62. The molecular formula is C50H72Cl2N2O6. The third kappa shape index (κ3) is 14.0. The zero-order chi connectivity index (χ0) is 45.4. The highest BCUT2D eigenvalue weighted by atomic mass is 35.5. The fraction of sp³-hybridized carbons (Fsp3) is 0.600. The van der Waals surface area contributed by atoms with Crippen molar-refractivity contribution in [1.82, 2.24) is 9.80 Å². The molecule has 2 aliphatic heterocycles. The van der Waals surface area contributed by atoms with Crippen LogP contribution in [0.25, 0.3) is 0 Å². The van der Waals surface area contributed by atoms with E-state index < -0.39 is 16.8 Å². The minimum absolute atomic E-state index is 0.0177. The van der Waals surface area contributed by atoms with E-state index in [0.717, 1.165) is 63.6 Å². The number of nitrogens with zero attached hydrogens (tertiary/aromatic N) is 2. The monoisotopic (exact) mass is 866 g/mol. The summed E-state index contributed by atoms with van der Waals surface area (Å²) < 4.78 is 5.01. The molecule has 4 rings (SSSR count). The van der Waals surface area contributed by atoms with E-state index in [9.17, 15) is 19.2 Å². The normalized spacial score (nSPS) is 19.9. The van der Waals surface area contributed by atoms with Crippen molar-refractivity contribution in [3.63, 3.8) is 0 Å². The average Bonchev–Trinajstić information content (AvgIpc) is 3.12. The molecule has 0 fully saturated rings. The summed E-state index contributed by atoms with van der Waals surface area (Å²) in [5, 5.41) is 10.5. The summed E-state index contributed by atoms with van der Waals surface area (Å²) in [5.41, 5.74) is 6.32. The van der Waals surface area contributed by atoms with Crippen molar-refractivity contribution in [2.75, 3.05) is 19.7 Å². The van der Waals surface area contributed by atoms with Gasteiger partial charge in [-0.1, -0.05) is 131 Å². The van der Waals surface area contributed by atoms with E-state index in [1.807, 2.05) is 24.5 Å². The third-order valence-electron chi connectivity index (χ3n) is 11.9. The zero-order valence-electron chi connectivity index (χ0n) is 38.7. The second kappa shape index (κ2) is 21.0. The minimum atomic E-state index is -0.900. The van der Waals surface area contributed by atoms with Gasteiger partial charge in [-0.3, -0.25) is 19.2 Å². The van der Waals surface area contributed by atoms with E-state index in [1.54, 1.807) is 16.7 Å². The summed E-state index contributed by atoms with van der Waals surface area (Å²) in [4.78, 5) is 51.7. The maximum absolute atomic E-state index is 13.0. The highest BCUT2D eigenvalue weighted by Gasteiger charge is 2.42. The van der Waals surface area contributed by atoms with Gasteiger partial charge in [0, 0.05) is 59.2 Å². The van der Waals surface area contributed by atoms with Gasteiger partial charge >= 0.3 is 11.9 Å². The smallest absolute Gasteiger partial charge is 0.307 e. The van der Waals surface area contributed by atoms with Crippen LogP contribution in [-0.2, 0) is 47.6 Å². The number of carbonyl (C=O) groups excluding carboxylic acids is 3. The fourth-order valence-electron chi connectivity index (χ4n) is 8.13. The van der Waals surface area contributed by atoms with E-state index in [0.29, 0.717) is 26.0 Å². The third-order valence-corrected chi connectivity index (χ3v) is 12.6. The van der Waals surface area contributed by atoms with Crippen LogP contribution >= 0.6 is 23.2 Å². The van der Waals surface area contributed by atoms with Crippen molar-refractivity contribution in [2.45, 2.75) is 152 Å². The number of carboxylic acid groups (broad SMARTS) is 1. The van der Waals surface area contributed by atoms with Crippen LogP contribution in [0, 0.1) is 22.7 Å². The molecule has 2 atom stereocenters. The zero-order valence-corrected chi connectivity index (χ0v) is 40.2. The maximum atomic E-state index is 13.0. The van der Waals surface area contributed by atoms with E-state index >= 15 is 0 Å². The van der Waals surface area contributed by atoms with Gasteiger partial charge in [0.15, 0.2) is 0 Å². The Morgan fingerprint density at radius 2 is 1.10 bits per heavy atom. The number of halogens is 2. The summed E-state index contributed by atoms with van der Waals surface area (Å²) in [5.74, 6) is -0.735. The van der Waals surface area contributed by atoms with Crippen molar-refractivity contribution in [3.8, 4) is 0 Å². The summed E-state index contributed by atoms with van der Waals surface area (Å²) >= 11 is 13.3. The Kier molecular flexibility index (Phi) is 17.7. The first kappa shape index (κ1) is 50.7. The lowest BCUT2D eigenvalue weighted by Gasteiger charge is -2.41. The fourth-order valence-corrected chi connectivity index (χ4v) is 8.68. The van der Waals surface area contributed by atoms with Gasteiger partial charge in [-0.05, 0) is 101 Å². The molecule has 2 aromatic rings. The second-order valence-electron chi connectivity index (χ2n) is 20.1. The topological polar surface area (TPSA) is 104 Å². The standard InChI is InChI=1S/C26H38ClNO3.C24H34ClNO3/c1-8-31-24(30)12-14-28-17-21(18(2)3)26(7,16-23(28)29)20-10-9-19(22(27)15-20)11-13-25(4,5)6;1-16(2)19-15-26(12-10-22(28)29)21(27)14-24(19,6)18-8-7-17(20(25)13-18)9-11-23(3,4)5/h9-10,15,17-18H,8,11-14,16H2,1-7H3;7-8,13,15-16H,9-12,14H2,1-6H3,(H,28,29)/t26-;24-/m11/s1. The van der Waals surface area contributed by atoms with Crippen LogP contribution in [0.3, 0.4) is 0 Å². The number of ether oxygens (including phenoxy) is 1. The number of carboxylic acids is 1. The number of aryl methyl sites for hydroxylation is 2. The number of hydrogen-bond donors (Lipinski definition) is 1. The van der Waals surface area contributed by atoms with Crippen LogP contribution in [0.1, 0.15) is 151 Å². The molecule has 0 saturated heterocycles. The first-order valence-electron chi connectivity index (χ1n) is 21.7. The van der Waals surface area contributed by atoms with Crippen LogP contribution in [0.2, 0.25) is 10.0 Å². The van der Waals surface area contributed by atoms with Crippen LogP contribution in [0.5, 0.6) is 0 Å². The summed E-state index contributed by atoms with van der Waals surface area (Å²) in [7, 11) is 0. The second-order valence-corrected chi connectivity index (χ2v) is 20.9. The summed E-state index contributed by atoms with van der Waals surface area (Å²) in [6.07, 6.45) is 8.60. The van der Waals surface area contributed by atoms with Gasteiger partial charge in [0.25, 0.3) is 0 Å². The van der Waals surface area contributed by atoms with Gasteiger partial charge in [-0.25, -0.2) is 0 Å². The lowest BCUT2D eigenvalue weighted by atomic mass is 9.68. The van der Waals surface area contributed by atoms with Gasteiger partial charge in [-0.2, -0.15) is 0 Å². The van der Waals surface area contributed by atoms with Crippen molar-refractivity contribution >= 4 is 47.0 Å². The van der Waals surface area contributed by atoms with E-state index in [2.05, 4.69) is 107 Å². The molecule has 0 aromatic heterocycles. The van der Waals surface area contributed by atoms with E-state index in [1.165, 1.54) is 5.57 Å². The van der Waals surface area contributed by atoms with Crippen molar-refractivity contribution in [3.05, 3.63) is 92.2 Å². The molecule has 0 saturated carbocycles. The van der Waals surface area contributed by atoms with E-state index in [4.69, 9.17) is 33.0 Å². The Bertz CT molecular complexity index is 1920. The first-order chi connectivity index (χ1) is 27.7. The number of hydrogen-bond acceptors (Lipinski definition) is 5. The molecule has 2 heterocycles. The van der Waals surface area contributed by atoms with Gasteiger partial charge < -0.3 is 19.6 Å². The van der Waals surface area contributed by atoms with Crippen molar-refractivity contribution in [1.29, 1.82) is 0 Å². The molecule has 0 aliphatic carbocycles. The number of aliphatic carboxylic acids is 1. The number of allylic oxidation sites excluding steroid dienone is 2. The SMILES string of the molecule is CC(C)C1=CN(CCC(=O)O)C(=O)C[C@]1(C)c1ccc(CCC(C)(C)C)c(Cl)c1.CCOC(=O)CCN1C=C(C(C)C)[C@@](C)(c2ccc(CCC(C)(C)C)c(Cl)c2)CC1=O. The molecule has 8 nitrogen and oxygen atoms in total. The lowest BCUT2D eigenvalue weighted by molar-refractivity contribution is -0.144. The minimum Gasteiger partial charge on any atom is -0.481 e. The molecule has 60 heavy (non-hydrogen) atoms. The predicted molar refractivity (Wildman–Crippen MR) is 245 cm³/mol. The number of rotatable bonds is 15. The molecule has 2 aliphatic rings. The number of esters is 1. The number of carbonyl (C=O) groups is 4. The number of amides is 2. The molecule has 2 amide bonds. The van der Waals surface area contributed by atoms with Gasteiger partial charge in [-0.15, -0.1) is 0 Å². The van der Waals surface area contributed by atoms with Crippen LogP contribution in [0.15, 0.2) is 59.9 Å². The largest absolute Gasteiger partial charge is 0.481 e. The van der Waals surface area contributed by atoms with Gasteiger partial charge in [0.1, 0.15) is 0 Å². The molecule has 2 aromatic carbocycles. The van der Waals surface area contributed by atoms with Gasteiger partial charge in [0.2, 0.25) is 11.8 Å². The Morgan fingerprint density at radius 1 is 0.717 bits per heavy atom. The lowest BCUT2D eigenvalue weighted by Crippen LogP contribution is -2.42. The summed E-state index contributed by atoms with van der Waals surface area (Å²) in [6.45, 7) is 28.8. The highest BCUT2D eigenvalue weighted by molar-refractivity contribution is 6.31. The Morgan fingerprint density at radius 3 is 1.42 bits per heavy atom.